The first kappa shape index (κ1) is 11.4. The van der Waals surface area contributed by atoms with E-state index < -0.39 is 0 Å². The van der Waals surface area contributed by atoms with Crippen LogP contribution in [0.2, 0.25) is 0 Å². The van der Waals surface area contributed by atoms with E-state index in [-0.39, 0.29) is 18.1 Å². The van der Waals surface area contributed by atoms with E-state index in [1.807, 2.05) is 24.3 Å². The van der Waals surface area contributed by atoms with E-state index >= 15 is 0 Å². The van der Waals surface area contributed by atoms with Crippen molar-refractivity contribution in [2.75, 3.05) is 26.9 Å². The van der Waals surface area contributed by atoms with Gasteiger partial charge in [0.25, 0.3) is 0 Å². The predicted octanol–water partition coefficient (Wildman–Crippen LogP) is 0.704. The van der Waals surface area contributed by atoms with Crippen molar-refractivity contribution < 1.29 is 14.6 Å². The average Bonchev–Trinajstić information content (AvgIpc) is 2.28. The predicted molar refractivity (Wildman–Crippen MR) is 60.3 cm³/mol. The molecule has 0 aromatic heterocycles. The van der Waals surface area contributed by atoms with Crippen molar-refractivity contribution in [3.63, 3.8) is 0 Å². The second-order valence-electron chi connectivity index (χ2n) is 4.23. The van der Waals surface area contributed by atoms with Gasteiger partial charge in [0, 0.05) is 11.6 Å². The van der Waals surface area contributed by atoms with Crippen LogP contribution in [0.15, 0.2) is 24.3 Å². The Morgan fingerprint density at radius 2 is 2.19 bits per heavy atom. The molecule has 0 spiro atoms. The van der Waals surface area contributed by atoms with Crippen molar-refractivity contribution >= 4 is 0 Å². The maximum atomic E-state index is 9.43. The first-order valence-corrected chi connectivity index (χ1v) is 5.30. The molecule has 1 aromatic carbocycles. The molecule has 1 aliphatic rings. The molecule has 1 fully saturated rings. The summed E-state index contributed by atoms with van der Waals surface area (Å²) in [7, 11) is 1.62. The molecule has 1 atom stereocenters. The number of hydrogen-bond donors (Lipinski definition) is 2. The molecule has 4 heteroatoms. The molecule has 3 N–H and O–H groups in total. The quantitative estimate of drug-likeness (QED) is 0.788. The van der Waals surface area contributed by atoms with E-state index in [2.05, 4.69) is 0 Å². The molecule has 88 valence electrons. The number of ether oxygens (including phenoxy) is 2. The van der Waals surface area contributed by atoms with Crippen molar-refractivity contribution in [1.29, 1.82) is 0 Å². The smallest absolute Gasteiger partial charge is 0.123 e. The van der Waals surface area contributed by atoms with E-state index in [9.17, 15) is 5.11 Å². The lowest BCUT2D eigenvalue weighted by atomic mass is 9.76. The molecule has 1 aliphatic heterocycles. The minimum absolute atomic E-state index is 0.0339. The number of benzene rings is 1. The number of para-hydroxylation sites is 1. The van der Waals surface area contributed by atoms with Crippen LogP contribution in [-0.2, 0) is 4.74 Å². The molecule has 1 saturated heterocycles. The Morgan fingerprint density at radius 3 is 2.69 bits per heavy atom. The standard InChI is InChI=1S/C12H17NO3/c1-15-10-5-3-2-4-9(10)11(13)12(6-14)7-16-8-12/h2-5,11,14H,6-8,13H2,1H3. The molecule has 4 nitrogen and oxygen atoms in total. The summed E-state index contributed by atoms with van der Waals surface area (Å²) in [6, 6.07) is 7.36. The molecule has 0 bridgehead atoms. The van der Waals surface area contributed by atoms with Crippen LogP contribution in [0.4, 0.5) is 0 Å². The maximum Gasteiger partial charge on any atom is 0.123 e. The van der Waals surface area contributed by atoms with Crippen LogP contribution in [0, 0.1) is 5.41 Å². The fourth-order valence-electron chi connectivity index (χ4n) is 1.99. The van der Waals surface area contributed by atoms with Crippen molar-refractivity contribution in [2.24, 2.45) is 11.1 Å². The van der Waals surface area contributed by atoms with Crippen molar-refractivity contribution in [1.82, 2.24) is 0 Å². The van der Waals surface area contributed by atoms with E-state index in [1.165, 1.54) is 0 Å². The van der Waals surface area contributed by atoms with E-state index in [0.717, 1.165) is 11.3 Å². The molecule has 16 heavy (non-hydrogen) atoms. The third kappa shape index (κ3) is 1.69. The highest BCUT2D eigenvalue weighted by Crippen LogP contribution is 2.41. The number of nitrogens with two attached hydrogens (primary N) is 1. The van der Waals surface area contributed by atoms with Gasteiger partial charge >= 0.3 is 0 Å². The van der Waals surface area contributed by atoms with Gasteiger partial charge in [-0.15, -0.1) is 0 Å². The van der Waals surface area contributed by atoms with Gasteiger partial charge in [0.2, 0.25) is 0 Å². The average molecular weight is 223 g/mol. The number of rotatable bonds is 4. The van der Waals surface area contributed by atoms with Gasteiger partial charge in [-0.1, -0.05) is 18.2 Å². The van der Waals surface area contributed by atoms with Gasteiger partial charge in [-0.05, 0) is 6.07 Å². The second kappa shape index (κ2) is 4.41. The summed E-state index contributed by atoms with van der Waals surface area (Å²) in [6.45, 7) is 1.04. The zero-order valence-electron chi connectivity index (χ0n) is 9.35. The minimum atomic E-state index is -0.353. The van der Waals surface area contributed by atoms with E-state index in [4.69, 9.17) is 15.2 Å². The van der Waals surface area contributed by atoms with Gasteiger partial charge in [-0.25, -0.2) is 0 Å². The lowest BCUT2D eigenvalue weighted by Crippen LogP contribution is -2.52. The largest absolute Gasteiger partial charge is 0.496 e. The van der Waals surface area contributed by atoms with E-state index in [0.29, 0.717) is 13.2 Å². The second-order valence-corrected chi connectivity index (χ2v) is 4.23. The Balaban J connectivity index is 2.29. The van der Waals surface area contributed by atoms with Crippen molar-refractivity contribution in [3.05, 3.63) is 29.8 Å². The third-order valence-corrected chi connectivity index (χ3v) is 3.23. The lowest BCUT2D eigenvalue weighted by Gasteiger charge is -2.44. The number of aliphatic hydroxyl groups is 1. The first-order valence-electron chi connectivity index (χ1n) is 5.30. The van der Waals surface area contributed by atoms with Crippen molar-refractivity contribution in [3.8, 4) is 5.75 Å². The van der Waals surface area contributed by atoms with Crippen LogP contribution >= 0.6 is 0 Å². The molecule has 0 radical (unpaired) electrons. The summed E-state index contributed by atoms with van der Waals surface area (Å²) in [5, 5.41) is 9.43. The molecule has 0 aliphatic carbocycles. The Morgan fingerprint density at radius 1 is 1.50 bits per heavy atom. The summed E-state index contributed by atoms with van der Waals surface area (Å²) in [6.07, 6.45) is 0. The number of hydrogen-bond acceptors (Lipinski definition) is 4. The molecule has 1 unspecified atom stereocenters. The monoisotopic (exact) mass is 223 g/mol. The molecule has 1 heterocycles. The van der Waals surface area contributed by atoms with Gasteiger partial charge in [0.05, 0.1) is 32.3 Å². The Kier molecular flexibility index (Phi) is 3.14. The summed E-state index contributed by atoms with van der Waals surface area (Å²) in [5.41, 5.74) is 6.77. The van der Waals surface area contributed by atoms with E-state index in [1.54, 1.807) is 7.11 Å². The highest BCUT2D eigenvalue weighted by atomic mass is 16.5. The Bertz CT molecular complexity index is 358. The van der Waals surface area contributed by atoms with Crippen molar-refractivity contribution in [2.45, 2.75) is 6.04 Å². The molecular weight excluding hydrogens is 206 g/mol. The third-order valence-electron chi connectivity index (χ3n) is 3.23. The SMILES string of the molecule is COc1ccccc1C(N)C1(CO)COC1. The van der Waals surface area contributed by atoms with Crippen LogP contribution in [0.5, 0.6) is 5.75 Å². The first-order chi connectivity index (χ1) is 7.73. The minimum Gasteiger partial charge on any atom is -0.496 e. The summed E-state index contributed by atoms with van der Waals surface area (Å²) >= 11 is 0. The zero-order chi connectivity index (χ0) is 11.6. The van der Waals surface area contributed by atoms with Crippen LogP contribution in [0.25, 0.3) is 0 Å². The van der Waals surface area contributed by atoms with Crippen LogP contribution < -0.4 is 10.5 Å². The van der Waals surface area contributed by atoms with Crippen LogP contribution in [0.3, 0.4) is 0 Å². The molecule has 0 saturated carbocycles. The van der Waals surface area contributed by atoms with Gasteiger partial charge in [-0.3, -0.25) is 0 Å². The molecular formula is C12H17NO3. The van der Waals surface area contributed by atoms with Gasteiger partial charge in [-0.2, -0.15) is 0 Å². The summed E-state index contributed by atoms with van der Waals surface area (Å²) in [4.78, 5) is 0. The Labute approximate surface area is 95.0 Å². The zero-order valence-corrected chi connectivity index (χ0v) is 9.35. The van der Waals surface area contributed by atoms with Gasteiger partial charge in [0.1, 0.15) is 5.75 Å². The van der Waals surface area contributed by atoms with Crippen LogP contribution in [-0.4, -0.2) is 32.0 Å². The molecule has 2 rings (SSSR count). The van der Waals surface area contributed by atoms with Crippen LogP contribution in [0.1, 0.15) is 11.6 Å². The summed E-state index contributed by atoms with van der Waals surface area (Å²) < 4.78 is 10.4. The highest BCUT2D eigenvalue weighted by molar-refractivity contribution is 5.37. The highest BCUT2D eigenvalue weighted by Gasteiger charge is 2.45. The summed E-state index contributed by atoms with van der Waals surface area (Å²) in [5.74, 6) is 0.759. The lowest BCUT2D eigenvalue weighted by molar-refractivity contribution is -0.150. The van der Waals surface area contributed by atoms with Gasteiger partial charge < -0.3 is 20.3 Å². The number of methoxy groups -OCH3 is 1. The topological polar surface area (TPSA) is 64.7 Å². The maximum absolute atomic E-state index is 9.43. The molecule has 0 amide bonds. The molecule has 1 aromatic rings. The Hall–Kier alpha value is -1.10. The number of aliphatic hydroxyl groups excluding tert-OH is 1. The fourth-order valence-corrected chi connectivity index (χ4v) is 1.99. The van der Waals surface area contributed by atoms with Gasteiger partial charge in [0.15, 0.2) is 0 Å². The normalized spacial score (nSPS) is 19.9. The fraction of sp³-hybridized carbons (Fsp3) is 0.500.